The second kappa shape index (κ2) is 10.5. The average Bonchev–Trinajstić information content (AvgIpc) is 2.82. The fourth-order valence-corrected chi connectivity index (χ4v) is 2.96. The van der Waals surface area contributed by atoms with Gasteiger partial charge in [-0.25, -0.2) is 4.79 Å². The summed E-state index contributed by atoms with van der Waals surface area (Å²) in [7, 11) is 2.98. The predicted molar refractivity (Wildman–Crippen MR) is 120 cm³/mol. The van der Waals surface area contributed by atoms with E-state index in [0.717, 1.165) is 0 Å². The van der Waals surface area contributed by atoms with Gasteiger partial charge in [-0.15, -0.1) is 0 Å². The summed E-state index contributed by atoms with van der Waals surface area (Å²) in [5.74, 6) is -0.512. The van der Waals surface area contributed by atoms with Crippen LogP contribution in [0, 0.1) is 0 Å². The first-order chi connectivity index (χ1) is 15.4. The Labute approximate surface area is 189 Å². The molecule has 0 aliphatic heterocycles. The van der Waals surface area contributed by atoms with Crippen molar-refractivity contribution in [1.29, 1.82) is 0 Å². The first-order valence-electron chi connectivity index (χ1n) is 9.50. The van der Waals surface area contributed by atoms with Crippen LogP contribution in [0.15, 0.2) is 66.7 Å². The molecule has 0 bridgehead atoms. The lowest BCUT2D eigenvalue weighted by molar-refractivity contribution is 0.0474. The lowest BCUT2D eigenvalue weighted by Gasteiger charge is -2.11. The van der Waals surface area contributed by atoms with E-state index in [1.165, 1.54) is 26.4 Å². The highest BCUT2D eigenvalue weighted by Gasteiger charge is 2.14. The van der Waals surface area contributed by atoms with E-state index >= 15 is 0 Å². The van der Waals surface area contributed by atoms with Crippen LogP contribution < -0.4 is 14.8 Å². The van der Waals surface area contributed by atoms with Crippen molar-refractivity contribution in [1.82, 2.24) is 0 Å². The number of anilines is 1. The number of hydrogen-bond donors (Lipinski definition) is 1. The van der Waals surface area contributed by atoms with Crippen LogP contribution in [-0.2, 0) is 4.74 Å². The van der Waals surface area contributed by atoms with E-state index in [-0.39, 0.29) is 11.3 Å². The Morgan fingerprint density at radius 3 is 2.19 bits per heavy atom. The summed E-state index contributed by atoms with van der Waals surface area (Å²) >= 11 is 5.80. The lowest BCUT2D eigenvalue weighted by Crippen LogP contribution is -2.15. The van der Waals surface area contributed by atoms with Gasteiger partial charge in [-0.3, -0.25) is 9.59 Å². The first kappa shape index (κ1) is 22.8. The molecule has 0 fully saturated rings. The average molecular weight is 454 g/mol. The van der Waals surface area contributed by atoms with Crippen LogP contribution >= 0.6 is 11.6 Å². The third-order valence-corrected chi connectivity index (χ3v) is 4.75. The van der Waals surface area contributed by atoms with Gasteiger partial charge in [-0.1, -0.05) is 17.7 Å². The molecule has 0 spiro atoms. The first-order valence-corrected chi connectivity index (χ1v) is 9.88. The molecule has 0 heterocycles. The second-order valence-corrected chi connectivity index (χ2v) is 7.05. The van der Waals surface area contributed by atoms with Crippen molar-refractivity contribution in [3.63, 3.8) is 0 Å². The summed E-state index contributed by atoms with van der Waals surface area (Å²) in [6.45, 7) is -0.414. The van der Waals surface area contributed by atoms with Gasteiger partial charge in [0.1, 0.15) is 0 Å². The number of rotatable bonds is 8. The van der Waals surface area contributed by atoms with E-state index < -0.39 is 18.5 Å². The van der Waals surface area contributed by atoms with Crippen LogP contribution in [0.2, 0.25) is 5.02 Å². The van der Waals surface area contributed by atoms with E-state index in [9.17, 15) is 14.4 Å². The van der Waals surface area contributed by atoms with Gasteiger partial charge in [0.05, 0.1) is 19.8 Å². The molecule has 3 aromatic rings. The van der Waals surface area contributed by atoms with Gasteiger partial charge in [0.15, 0.2) is 23.9 Å². The molecule has 8 heteroatoms. The van der Waals surface area contributed by atoms with Gasteiger partial charge >= 0.3 is 5.97 Å². The zero-order chi connectivity index (χ0) is 23.1. The highest BCUT2D eigenvalue weighted by atomic mass is 35.5. The Balaban J connectivity index is 1.64. The minimum atomic E-state index is -0.686. The lowest BCUT2D eigenvalue weighted by atomic mass is 10.1. The minimum absolute atomic E-state index is 0.194. The molecule has 164 valence electrons. The predicted octanol–water partition coefficient (Wildman–Crippen LogP) is 4.65. The summed E-state index contributed by atoms with van der Waals surface area (Å²) in [6.07, 6.45) is 0. The SMILES string of the molecule is COc1ccc(C(=O)Nc2cccc(C(=O)OCC(=O)c3ccc(Cl)cc3)c2)cc1OC. The number of carbonyl (C=O) groups is 3. The van der Waals surface area contributed by atoms with Crippen molar-refractivity contribution < 1.29 is 28.6 Å². The third-order valence-electron chi connectivity index (χ3n) is 4.50. The molecule has 0 unspecified atom stereocenters. The fraction of sp³-hybridized carbons (Fsp3) is 0.125. The normalized spacial score (nSPS) is 10.2. The fourth-order valence-electron chi connectivity index (χ4n) is 2.84. The topological polar surface area (TPSA) is 90.9 Å². The van der Waals surface area contributed by atoms with Gasteiger partial charge in [0.2, 0.25) is 0 Å². The molecule has 3 rings (SSSR count). The number of ether oxygens (including phenoxy) is 3. The Hall–Kier alpha value is -3.84. The van der Waals surface area contributed by atoms with Crippen molar-refractivity contribution in [2.75, 3.05) is 26.1 Å². The summed E-state index contributed by atoms with van der Waals surface area (Å²) in [5, 5.41) is 3.22. The monoisotopic (exact) mass is 453 g/mol. The molecule has 32 heavy (non-hydrogen) atoms. The Bertz CT molecular complexity index is 1140. The largest absolute Gasteiger partial charge is 0.493 e. The number of nitrogens with one attached hydrogen (secondary N) is 1. The molecule has 1 amide bonds. The molecule has 1 N–H and O–H groups in total. The number of benzene rings is 3. The molecule has 0 aliphatic rings. The van der Waals surface area contributed by atoms with Crippen LogP contribution in [0.1, 0.15) is 31.1 Å². The maximum atomic E-state index is 12.6. The van der Waals surface area contributed by atoms with Crippen LogP contribution in [0.4, 0.5) is 5.69 Å². The quantitative estimate of drug-likeness (QED) is 0.394. The number of Topliss-reactive ketones (excluding diaryl/α,β-unsaturated/α-hetero) is 1. The van der Waals surface area contributed by atoms with Gasteiger partial charge < -0.3 is 19.5 Å². The smallest absolute Gasteiger partial charge is 0.338 e. The van der Waals surface area contributed by atoms with E-state index in [4.69, 9.17) is 25.8 Å². The van der Waals surface area contributed by atoms with E-state index in [2.05, 4.69) is 5.32 Å². The number of methoxy groups -OCH3 is 2. The van der Waals surface area contributed by atoms with Gasteiger partial charge in [-0.05, 0) is 60.7 Å². The molecule has 3 aromatic carbocycles. The molecule has 7 nitrogen and oxygen atoms in total. The van der Waals surface area contributed by atoms with Gasteiger partial charge in [0, 0.05) is 21.8 Å². The van der Waals surface area contributed by atoms with Crippen molar-refractivity contribution in [2.45, 2.75) is 0 Å². The van der Waals surface area contributed by atoms with Gasteiger partial charge in [-0.2, -0.15) is 0 Å². The molecule has 0 saturated carbocycles. The second-order valence-electron chi connectivity index (χ2n) is 6.61. The van der Waals surface area contributed by atoms with Crippen molar-refractivity contribution >= 4 is 34.9 Å². The number of halogens is 1. The van der Waals surface area contributed by atoms with Crippen LogP contribution in [0.3, 0.4) is 0 Å². The molecule has 0 atom stereocenters. The van der Waals surface area contributed by atoms with E-state index in [0.29, 0.717) is 33.3 Å². The van der Waals surface area contributed by atoms with E-state index in [1.54, 1.807) is 54.6 Å². The molecule has 0 aliphatic carbocycles. The van der Waals surface area contributed by atoms with Gasteiger partial charge in [0.25, 0.3) is 5.91 Å². The Morgan fingerprint density at radius 2 is 1.50 bits per heavy atom. The van der Waals surface area contributed by atoms with Crippen molar-refractivity contribution in [3.05, 3.63) is 88.4 Å². The number of esters is 1. The summed E-state index contributed by atoms with van der Waals surface area (Å²) in [5.41, 5.74) is 1.32. The third kappa shape index (κ3) is 5.65. The maximum absolute atomic E-state index is 12.6. The highest BCUT2D eigenvalue weighted by molar-refractivity contribution is 6.30. The van der Waals surface area contributed by atoms with Crippen LogP contribution in [-0.4, -0.2) is 38.5 Å². The minimum Gasteiger partial charge on any atom is -0.493 e. The molecular weight excluding hydrogens is 434 g/mol. The van der Waals surface area contributed by atoms with Crippen molar-refractivity contribution in [3.8, 4) is 11.5 Å². The summed E-state index contributed by atoms with van der Waals surface area (Å²) in [6, 6.07) is 17.3. The summed E-state index contributed by atoms with van der Waals surface area (Å²) < 4.78 is 15.5. The van der Waals surface area contributed by atoms with Crippen LogP contribution in [0.25, 0.3) is 0 Å². The number of carbonyl (C=O) groups excluding carboxylic acids is 3. The Kier molecular flexibility index (Phi) is 7.46. The molecular formula is C24H20ClNO6. The molecule has 0 aromatic heterocycles. The zero-order valence-electron chi connectivity index (χ0n) is 17.4. The van der Waals surface area contributed by atoms with E-state index in [1.807, 2.05) is 0 Å². The Morgan fingerprint density at radius 1 is 0.812 bits per heavy atom. The highest BCUT2D eigenvalue weighted by Crippen LogP contribution is 2.28. The number of amides is 1. The molecule has 0 radical (unpaired) electrons. The maximum Gasteiger partial charge on any atom is 0.338 e. The standard InChI is InChI=1S/C24H20ClNO6/c1-30-21-11-8-16(13-22(21)31-2)23(28)26-19-5-3-4-17(12-19)24(29)32-14-20(27)15-6-9-18(25)10-7-15/h3-13H,14H2,1-2H3,(H,26,28). The van der Waals surface area contributed by atoms with Crippen LogP contribution in [0.5, 0.6) is 11.5 Å². The number of ketones is 1. The van der Waals surface area contributed by atoms with Crippen molar-refractivity contribution in [2.24, 2.45) is 0 Å². The molecule has 0 saturated heterocycles. The zero-order valence-corrected chi connectivity index (χ0v) is 18.1. The summed E-state index contributed by atoms with van der Waals surface area (Å²) in [4.78, 5) is 37.1. The number of hydrogen-bond acceptors (Lipinski definition) is 6.